The molecule has 2 unspecified atom stereocenters. The predicted molar refractivity (Wildman–Crippen MR) is 82.1 cm³/mol. The lowest BCUT2D eigenvalue weighted by Crippen LogP contribution is -2.38. The van der Waals surface area contributed by atoms with Crippen LogP contribution in [0.1, 0.15) is 32.6 Å². The van der Waals surface area contributed by atoms with Gasteiger partial charge >= 0.3 is 0 Å². The monoisotopic (exact) mass is 328 g/mol. The topological polar surface area (TPSA) is 24.9 Å². The van der Waals surface area contributed by atoms with E-state index in [1.165, 1.54) is 25.7 Å². The van der Waals surface area contributed by atoms with Gasteiger partial charge < -0.3 is 5.32 Å². The molecule has 0 spiro atoms. The van der Waals surface area contributed by atoms with Crippen molar-refractivity contribution in [3.8, 4) is 0 Å². The van der Waals surface area contributed by atoms with Crippen LogP contribution >= 0.6 is 27.7 Å². The van der Waals surface area contributed by atoms with E-state index in [4.69, 9.17) is 0 Å². The number of nitrogens with zero attached hydrogens (tertiary/aromatic N) is 1. The number of thioether (sulfide) groups is 1. The third kappa shape index (κ3) is 4.25. The number of halogens is 1. The van der Waals surface area contributed by atoms with Gasteiger partial charge in [-0.1, -0.05) is 19.8 Å². The number of rotatable bonds is 5. The van der Waals surface area contributed by atoms with Crippen LogP contribution < -0.4 is 5.32 Å². The van der Waals surface area contributed by atoms with Crippen molar-refractivity contribution < 1.29 is 0 Å². The molecule has 1 aliphatic rings. The van der Waals surface area contributed by atoms with Crippen LogP contribution in [-0.4, -0.2) is 23.3 Å². The van der Waals surface area contributed by atoms with Crippen LogP contribution in [0.2, 0.25) is 0 Å². The molecule has 2 rings (SSSR count). The summed E-state index contributed by atoms with van der Waals surface area (Å²) in [5.74, 6) is 1.92. The Morgan fingerprint density at radius 2 is 2.28 bits per heavy atom. The molecule has 0 aliphatic heterocycles. The van der Waals surface area contributed by atoms with E-state index in [1.54, 1.807) is 0 Å². The lowest BCUT2D eigenvalue weighted by atomic mass is 9.86. The Morgan fingerprint density at radius 3 is 3.06 bits per heavy atom. The summed E-state index contributed by atoms with van der Waals surface area (Å²) in [4.78, 5) is 4.37. The summed E-state index contributed by atoms with van der Waals surface area (Å²) in [5.41, 5.74) is 0. The van der Waals surface area contributed by atoms with E-state index >= 15 is 0 Å². The number of hydrogen-bond donors (Lipinski definition) is 1. The van der Waals surface area contributed by atoms with Crippen LogP contribution in [0.3, 0.4) is 0 Å². The van der Waals surface area contributed by atoms with Crippen molar-refractivity contribution in [3.63, 3.8) is 0 Å². The summed E-state index contributed by atoms with van der Waals surface area (Å²) < 4.78 is 1.10. The zero-order chi connectivity index (χ0) is 12.8. The summed E-state index contributed by atoms with van der Waals surface area (Å²) in [5, 5.41) is 4.79. The molecule has 18 heavy (non-hydrogen) atoms. The number of nitrogens with one attached hydrogen (secondary N) is 1. The average Bonchev–Trinajstić information content (AvgIpc) is 2.38. The third-order valence-corrected chi connectivity index (χ3v) is 5.49. The molecule has 1 aromatic rings. The molecular weight excluding hydrogens is 308 g/mol. The minimum atomic E-state index is 0.728. The molecular formula is C14H21BrN2S. The second kappa shape index (κ2) is 7.51. The summed E-state index contributed by atoms with van der Waals surface area (Å²) in [6.45, 7) is 3.45. The van der Waals surface area contributed by atoms with E-state index in [0.29, 0.717) is 0 Å². The second-order valence-corrected chi connectivity index (χ2v) is 6.90. The van der Waals surface area contributed by atoms with Gasteiger partial charge in [0.1, 0.15) is 5.03 Å². The van der Waals surface area contributed by atoms with Crippen LogP contribution in [0.15, 0.2) is 27.8 Å². The zero-order valence-electron chi connectivity index (χ0n) is 10.9. The predicted octanol–water partition coefficient (Wildman–Crippen LogP) is 4.10. The van der Waals surface area contributed by atoms with Gasteiger partial charge in [0.05, 0.1) is 0 Å². The molecule has 1 aromatic heterocycles. The SMILES string of the molecule is CC1CCCCC1NCCSc1ncccc1Br. The Labute approximate surface area is 122 Å². The van der Waals surface area contributed by atoms with E-state index in [9.17, 15) is 0 Å². The molecule has 0 saturated heterocycles. The molecule has 0 aromatic carbocycles. The van der Waals surface area contributed by atoms with Gasteiger partial charge in [-0.15, -0.1) is 11.8 Å². The van der Waals surface area contributed by atoms with Crippen LogP contribution in [0, 0.1) is 5.92 Å². The molecule has 4 heteroatoms. The van der Waals surface area contributed by atoms with Gasteiger partial charge in [-0.05, 0) is 46.8 Å². The molecule has 1 saturated carbocycles. The van der Waals surface area contributed by atoms with Crippen LogP contribution in [0.5, 0.6) is 0 Å². The van der Waals surface area contributed by atoms with E-state index in [1.807, 2.05) is 30.1 Å². The second-order valence-electron chi connectivity index (χ2n) is 4.96. The highest BCUT2D eigenvalue weighted by atomic mass is 79.9. The number of pyridine rings is 1. The Morgan fingerprint density at radius 1 is 1.44 bits per heavy atom. The summed E-state index contributed by atoms with van der Waals surface area (Å²) in [6, 6.07) is 4.73. The number of aromatic nitrogens is 1. The molecule has 100 valence electrons. The van der Waals surface area contributed by atoms with Crippen molar-refractivity contribution in [2.75, 3.05) is 12.3 Å². The highest BCUT2D eigenvalue weighted by Gasteiger charge is 2.20. The van der Waals surface area contributed by atoms with Crippen molar-refractivity contribution in [2.45, 2.75) is 43.7 Å². The minimum Gasteiger partial charge on any atom is -0.313 e. The van der Waals surface area contributed by atoms with Crippen molar-refractivity contribution in [1.82, 2.24) is 10.3 Å². The maximum atomic E-state index is 4.37. The van der Waals surface area contributed by atoms with Gasteiger partial charge in [0.25, 0.3) is 0 Å². The van der Waals surface area contributed by atoms with Crippen molar-refractivity contribution in [3.05, 3.63) is 22.8 Å². The normalized spacial score (nSPS) is 24.1. The molecule has 1 N–H and O–H groups in total. The Bertz CT molecular complexity index is 373. The van der Waals surface area contributed by atoms with Crippen molar-refractivity contribution in [1.29, 1.82) is 0 Å². The van der Waals surface area contributed by atoms with Crippen molar-refractivity contribution in [2.24, 2.45) is 5.92 Å². The first-order valence-electron chi connectivity index (χ1n) is 6.74. The highest BCUT2D eigenvalue weighted by molar-refractivity contribution is 9.10. The van der Waals surface area contributed by atoms with Gasteiger partial charge in [0.2, 0.25) is 0 Å². The summed E-state index contributed by atoms with van der Waals surface area (Å²) >= 11 is 5.35. The van der Waals surface area contributed by atoms with Crippen LogP contribution in [0.25, 0.3) is 0 Å². The first-order chi connectivity index (χ1) is 8.77. The fourth-order valence-corrected chi connectivity index (χ4v) is 3.84. The molecule has 1 aliphatic carbocycles. The lowest BCUT2D eigenvalue weighted by molar-refractivity contribution is 0.285. The van der Waals surface area contributed by atoms with Crippen LogP contribution in [-0.2, 0) is 0 Å². The molecule has 2 nitrogen and oxygen atoms in total. The summed E-state index contributed by atoms with van der Waals surface area (Å²) in [7, 11) is 0. The molecule has 0 amide bonds. The standard InChI is InChI=1S/C14H21BrN2S/c1-11-5-2-3-7-13(11)16-9-10-18-14-12(15)6-4-8-17-14/h4,6,8,11,13,16H,2-3,5,7,9-10H2,1H3. The zero-order valence-corrected chi connectivity index (χ0v) is 13.3. The van der Waals surface area contributed by atoms with Gasteiger partial charge in [0, 0.05) is 29.0 Å². The maximum Gasteiger partial charge on any atom is 0.110 e. The molecule has 0 bridgehead atoms. The first-order valence-corrected chi connectivity index (χ1v) is 8.52. The van der Waals surface area contributed by atoms with E-state index in [2.05, 4.69) is 33.2 Å². The van der Waals surface area contributed by atoms with E-state index < -0.39 is 0 Å². The Kier molecular flexibility index (Phi) is 5.99. The van der Waals surface area contributed by atoms with Gasteiger partial charge in [-0.2, -0.15) is 0 Å². The summed E-state index contributed by atoms with van der Waals surface area (Å²) in [6.07, 6.45) is 7.38. The largest absolute Gasteiger partial charge is 0.313 e. The van der Waals surface area contributed by atoms with Gasteiger partial charge in [-0.3, -0.25) is 0 Å². The molecule has 1 fully saturated rings. The van der Waals surface area contributed by atoms with Gasteiger partial charge in [-0.25, -0.2) is 4.98 Å². The fraction of sp³-hybridized carbons (Fsp3) is 0.643. The average molecular weight is 329 g/mol. The fourth-order valence-electron chi connectivity index (χ4n) is 2.49. The van der Waals surface area contributed by atoms with Crippen LogP contribution in [0.4, 0.5) is 0 Å². The maximum absolute atomic E-state index is 4.37. The van der Waals surface area contributed by atoms with Crippen molar-refractivity contribution >= 4 is 27.7 Å². The Hall–Kier alpha value is -0.0600. The molecule has 0 radical (unpaired) electrons. The van der Waals surface area contributed by atoms with E-state index in [-0.39, 0.29) is 0 Å². The van der Waals surface area contributed by atoms with Gasteiger partial charge in [0.15, 0.2) is 0 Å². The third-order valence-electron chi connectivity index (χ3n) is 3.58. The quantitative estimate of drug-likeness (QED) is 0.650. The van der Waals surface area contributed by atoms with E-state index in [0.717, 1.165) is 33.8 Å². The first kappa shape index (κ1) is 14.4. The Balaban J connectivity index is 1.68. The smallest absolute Gasteiger partial charge is 0.110 e. The molecule has 1 heterocycles. The number of hydrogen-bond acceptors (Lipinski definition) is 3. The highest BCUT2D eigenvalue weighted by Crippen LogP contribution is 2.25. The lowest BCUT2D eigenvalue weighted by Gasteiger charge is -2.29. The molecule has 2 atom stereocenters. The minimum absolute atomic E-state index is 0.728.